The zero-order valence-electron chi connectivity index (χ0n) is 15.4. The Bertz CT molecular complexity index is 768. The number of benzene rings is 3. The molecule has 0 bridgehead atoms. The van der Waals surface area contributed by atoms with Gasteiger partial charge in [0.15, 0.2) is 0 Å². The predicted molar refractivity (Wildman–Crippen MR) is 108 cm³/mol. The number of nitrogens with zero attached hydrogens (tertiary/aromatic N) is 1. The maximum atomic E-state index is 10.7. The molecule has 0 aliphatic carbocycles. The Morgan fingerprint density at radius 2 is 1.38 bits per heavy atom. The summed E-state index contributed by atoms with van der Waals surface area (Å²) in [7, 11) is 0. The average molecular weight is 345 g/mol. The van der Waals surface area contributed by atoms with E-state index in [0.29, 0.717) is 6.54 Å². The lowest BCUT2D eigenvalue weighted by molar-refractivity contribution is 0.109. The molecule has 0 spiro atoms. The van der Waals surface area contributed by atoms with Crippen LogP contribution in [-0.2, 0) is 13.0 Å². The van der Waals surface area contributed by atoms with E-state index < -0.39 is 6.10 Å². The first-order valence-corrected chi connectivity index (χ1v) is 9.25. The Balaban J connectivity index is 1.67. The fourth-order valence-corrected chi connectivity index (χ4v) is 3.14. The van der Waals surface area contributed by atoms with E-state index in [9.17, 15) is 5.11 Å². The number of rotatable bonds is 8. The molecule has 0 fully saturated rings. The Kier molecular flexibility index (Phi) is 6.59. The predicted octanol–water partition coefficient (Wildman–Crippen LogP) is 4.77. The minimum atomic E-state index is -0.474. The number of aliphatic hydroxyl groups excluding tert-OH is 1. The highest BCUT2D eigenvalue weighted by Crippen LogP contribution is 2.16. The molecule has 0 saturated heterocycles. The van der Waals surface area contributed by atoms with E-state index >= 15 is 0 Å². The molecule has 0 saturated carbocycles. The summed E-state index contributed by atoms with van der Waals surface area (Å²) in [6.45, 7) is 4.50. The van der Waals surface area contributed by atoms with Crippen molar-refractivity contribution >= 4 is 0 Å². The molecular formula is C24H27NO. The summed E-state index contributed by atoms with van der Waals surface area (Å²) >= 11 is 0. The van der Waals surface area contributed by atoms with Crippen LogP contribution in [0, 0.1) is 6.92 Å². The first-order valence-electron chi connectivity index (χ1n) is 9.25. The van der Waals surface area contributed by atoms with Crippen molar-refractivity contribution in [1.29, 1.82) is 0 Å². The van der Waals surface area contributed by atoms with Gasteiger partial charge in [-0.25, -0.2) is 0 Å². The van der Waals surface area contributed by atoms with Crippen molar-refractivity contribution in [1.82, 2.24) is 4.90 Å². The fourth-order valence-electron chi connectivity index (χ4n) is 3.14. The molecule has 0 aromatic heterocycles. The number of aliphatic hydroxyl groups is 1. The molecule has 2 nitrogen and oxygen atoms in total. The van der Waals surface area contributed by atoms with E-state index in [0.717, 1.165) is 25.1 Å². The van der Waals surface area contributed by atoms with E-state index in [-0.39, 0.29) is 0 Å². The monoisotopic (exact) mass is 345 g/mol. The number of hydrogen-bond donors (Lipinski definition) is 1. The van der Waals surface area contributed by atoms with Gasteiger partial charge >= 0.3 is 0 Å². The lowest BCUT2D eigenvalue weighted by Gasteiger charge is -2.25. The van der Waals surface area contributed by atoms with E-state index in [1.165, 1.54) is 16.7 Å². The molecule has 0 aliphatic rings. The standard InChI is InChI=1S/C24H27NO/c1-20-12-14-21(15-13-20)16-17-25(18-22-8-4-2-5-9-22)19-24(26)23-10-6-3-7-11-23/h2-15,24,26H,16-19H2,1H3/t24-/m0/s1. The van der Waals surface area contributed by atoms with Crippen LogP contribution in [0.15, 0.2) is 84.9 Å². The third-order valence-corrected chi connectivity index (χ3v) is 4.70. The van der Waals surface area contributed by atoms with Crippen LogP contribution in [0.25, 0.3) is 0 Å². The van der Waals surface area contributed by atoms with Crippen molar-refractivity contribution in [2.75, 3.05) is 13.1 Å². The molecule has 0 radical (unpaired) electrons. The third-order valence-electron chi connectivity index (χ3n) is 4.70. The molecule has 0 amide bonds. The van der Waals surface area contributed by atoms with Gasteiger partial charge in [0.2, 0.25) is 0 Å². The minimum absolute atomic E-state index is 0.474. The first kappa shape index (κ1) is 18.4. The van der Waals surface area contributed by atoms with Gasteiger partial charge in [-0.3, -0.25) is 4.90 Å². The molecule has 0 aliphatic heterocycles. The molecule has 3 aromatic carbocycles. The van der Waals surface area contributed by atoms with Crippen molar-refractivity contribution in [3.05, 3.63) is 107 Å². The fraction of sp³-hybridized carbons (Fsp3) is 0.250. The second-order valence-electron chi connectivity index (χ2n) is 6.88. The maximum Gasteiger partial charge on any atom is 0.0917 e. The second kappa shape index (κ2) is 9.33. The van der Waals surface area contributed by atoms with Crippen LogP contribution >= 0.6 is 0 Å². The van der Waals surface area contributed by atoms with E-state index in [1.54, 1.807) is 0 Å². The van der Waals surface area contributed by atoms with Gasteiger partial charge in [-0.05, 0) is 30.0 Å². The largest absolute Gasteiger partial charge is 0.387 e. The van der Waals surface area contributed by atoms with Gasteiger partial charge in [-0.1, -0.05) is 90.5 Å². The molecule has 1 atom stereocenters. The highest BCUT2D eigenvalue weighted by Gasteiger charge is 2.14. The Hall–Kier alpha value is -2.42. The molecule has 0 heterocycles. The Morgan fingerprint density at radius 1 is 0.769 bits per heavy atom. The third kappa shape index (κ3) is 5.55. The Morgan fingerprint density at radius 3 is 2.04 bits per heavy atom. The highest BCUT2D eigenvalue weighted by molar-refractivity contribution is 5.22. The smallest absolute Gasteiger partial charge is 0.0917 e. The van der Waals surface area contributed by atoms with Crippen molar-refractivity contribution < 1.29 is 5.11 Å². The summed E-state index contributed by atoms with van der Waals surface area (Å²) < 4.78 is 0. The van der Waals surface area contributed by atoms with Gasteiger partial charge in [0.05, 0.1) is 6.10 Å². The van der Waals surface area contributed by atoms with E-state index in [2.05, 4.69) is 60.4 Å². The normalized spacial score (nSPS) is 12.3. The summed E-state index contributed by atoms with van der Waals surface area (Å²) in [5.74, 6) is 0. The summed E-state index contributed by atoms with van der Waals surface area (Å²) in [6.07, 6.45) is 0.507. The topological polar surface area (TPSA) is 23.5 Å². The molecular weight excluding hydrogens is 318 g/mol. The molecule has 3 aromatic rings. The van der Waals surface area contributed by atoms with Gasteiger partial charge in [-0.15, -0.1) is 0 Å². The number of hydrogen-bond acceptors (Lipinski definition) is 2. The van der Waals surface area contributed by atoms with E-state index in [1.807, 2.05) is 36.4 Å². The van der Waals surface area contributed by atoms with E-state index in [4.69, 9.17) is 0 Å². The van der Waals surface area contributed by atoms with Crippen LogP contribution in [0.5, 0.6) is 0 Å². The van der Waals surface area contributed by atoms with Gasteiger partial charge in [-0.2, -0.15) is 0 Å². The molecule has 0 unspecified atom stereocenters. The van der Waals surface area contributed by atoms with Crippen LogP contribution in [0.3, 0.4) is 0 Å². The lowest BCUT2D eigenvalue weighted by atomic mass is 10.1. The maximum absolute atomic E-state index is 10.7. The van der Waals surface area contributed by atoms with Crippen LogP contribution in [0.4, 0.5) is 0 Å². The summed E-state index contributed by atoms with van der Waals surface area (Å²) in [5.41, 5.74) is 4.87. The summed E-state index contributed by atoms with van der Waals surface area (Å²) in [4.78, 5) is 2.34. The van der Waals surface area contributed by atoms with Crippen molar-refractivity contribution in [2.45, 2.75) is 26.0 Å². The van der Waals surface area contributed by atoms with Crippen LogP contribution in [0.2, 0.25) is 0 Å². The quantitative estimate of drug-likeness (QED) is 0.635. The van der Waals surface area contributed by atoms with Crippen LogP contribution in [0.1, 0.15) is 28.4 Å². The molecule has 1 N–H and O–H groups in total. The van der Waals surface area contributed by atoms with Gasteiger partial charge in [0, 0.05) is 19.6 Å². The summed E-state index contributed by atoms with van der Waals surface area (Å²) in [6, 6.07) is 29.1. The molecule has 134 valence electrons. The Labute approximate surface area is 156 Å². The zero-order valence-corrected chi connectivity index (χ0v) is 15.4. The molecule has 26 heavy (non-hydrogen) atoms. The van der Waals surface area contributed by atoms with Gasteiger partial charge in [0.25, 0.3) is 0 Å². The average Bonchev–Trinajstić information content (AvgIpc) is 2.69. The molecule has 3 rings (SSSR count). The van der Waals surface area contributed by atoms with Crippen LogP contribution < -0.4 is 0 Å². The van der Waals surface area contributed by atoms with Crippen molar-refractivity contribution in [2.24, 2.45) is 0 Å². The highest BCUT2D eigenvalue weighted by atomic mass is 16.3. The SMILES string of the molecule is Cc1ccc(CCN(Cc2ccccc2)C[C@H](O)c2ccccc2)cc1. The number of aryl methyl sites for hydroxylation is 1. The lowest BCUT2D eigenvalue weighted by Crippen LogP contribution is -2.30. The minimum Gasteiger partial charge on any atom is -0.387 e. The van der Waals surface area contributed by atoms with Crippen molar-refractivity contribution in [3.63, 3.8) is 0 Å². The van der Waals surface area contributed by atoms with Gasteiger partial charge < -0.3 is 5.11 Å². The molecule has 2 heteroatoms. The van der Waals surface area contributed by atoms with Gasteiger partial charge in [0.1, 0.15) is 0 Å². The first-order chi connectivity index (χ1) is 12.7. The van der Waals surface area contributed by atoms with Crippen molar-refractivity contribution in [3.8, 4) is 0 Å². The zero-order chi connectivity index (χ0) is 18.2. The summed E-state index contributed by atoms with van der Waals surface area (Å²) in [5, 5.41) is 10.7. The second-order valence-corrected chi connectivity index (χ2v) is 6.88. The van der Waals surface area contributed by atoms with Crippen LogP contribution in [-0.4, -0.2) is 23.1 Å².